The summed E-state index contributed by atoms with van der Waals surface area (Å²) in [5.41, 5.74) is 3.64. The molecule has 6 nitrogen and oxygen atoms in total. The Labute approximate surface area is 189 Å². The van der Waals surface area contributed by atoms with E-state index in [2.05, 4.69) is 56.7 Å². The monoisotopic (exact) mass is 505 g/mol. The van der Waals surface area contributed by atoms with Gasteiger partial charge in [-0.3, -0.25) is 9.67 Å². The first-order valence-corrected chi connectivity index (χ1v) is 9.28. The van der Waals surface area contributed by atoms with Crippen LogP contribution in [0.2, 0.25) is 0 Å². The van der Waals surface area contributed by atoms with Crippen molar-refractivity contribution in [3.63, 3.8) is 0 Å². The molecule has 0 aliphatic rings. The number of rotatable bonds is 7. The predicted octanol–water partition coefficient (Wildman–Crippen LogP) is 3.77. The van der Waals surface area contributed by atoms with E-state index < -0.39 is 0 Å². The fourth-order valence-electron chi connectivity index (χ4n) is 3.06. The molecule has 0 aliphatic carbocycles. The lowest BCUT2D eigenvalue weighted by atomic mass is 10.1. The van der Waals surface area contributed by atoms with Gasteiger partial charge in [0.05, 0.1) is 13.7 Å². The van der Waals surface area contributed by atoms with E-state index in [1.54, 1.807) is 20.4 Å². The number of hydrogen-bond acceptors (Lipinski definition) is 3. The molecule has 1 N–H and O–H groups in total. The van der Waals surface area contributed by atoms with E-state index in [0.717, 1.165) is 24.8 Å². The van der Waals surface area contributed by atoms with Gasteiger partial charge in [-0.25, -0.2) is 0 Å². The molecule has 0 spiro atoms. The van der Waals surface area contributed by atoms with Crippen LogP contribution in [0, 0.1) is 0 Å². The number of nitrogens with zero attached hydrogens (tertiary/aromatic N) is 4. The second kappa shape index (κ2) is 11.5. The maximum atomic E-state index is 5.22. The van der Waals surface area contributed by atoms with Crippen LogP contribution in [0.3, 0.4) is 0 Å². The molecule has 3 rings (SSSR count). The maximum absolute atomic E-state index is 5.22. The Hall–Kier alpha value is -2.55. The number of ether oxygens (including phenoxy) is 1. The molecule has 2 aromatic carbocycles. The number of methoxy groups -OCH3 is 1. The first-order valence-electron chi connectivity index (χ1n) is 9.28. The number of halogens is 1. The summed E-state index contributed by atoms with van der Waals surface area (Å²) in [6.07, 6.45) is 3.77. The summed E-state index contributed by atoms with van der Waals surface area (Å²) >= 11 is 0. The number of guanidine groups is 1. The lowest BCUT2D eigenvalue weighted by Gasteiger charge is -2.22. The Bertz CT molecular complexity index is 894. The smallest absolute Gasteiger partial charge is 0.193 e. The Morgan fingerprint density at radius 2 is 1.86 bits per heavy atom. The van der Waals surface area contributed by atoms with E-state index in [9.17, 15) is 0 Å². The van der Waals surface area contributed by atoms with E-state index in [-0.39, 0.29) is 24.0 Å². The van der Waals surface area contributed by atoms with Gasteiger partial charge in [0, 0.05) is 39.6 Å². The highest BCUT2D eigenvalue weighted by Gasteiger charge is 2.07. The molecular formula is C22H28IN5O. The fourth-order valence-corrected chi connectivity index (χ4v) is 3.06. The van der Waals surface area contributed by atoms with Crippen molar-refractivity contribution in [3.05, 3.63) is 83.7 Å². The third kappa shape index (κ3) is 6.77. The molecule has 7 heteroatoms. The zero-order valence-corrected chi connectivity index (χ0v) is 19.4. The van der Waals surface area contributed by atoms with Gasteiger partial charge in [-0.15, -0.1) is 24.0 Å². The Kier molecular flexibility index (Phi) is 8.98. The summed E-state index contributed by atoms with van der Waals surface area (Å²) in [5, 5.41) is 7.71. The largest absolute Gasteiger partial charge is 0.497 e. The molecule has 0 unspecified atom stereocenters. The first-order chi connectivity index (χ1) is 13.7. The number of nitrogens with one attached hydrogen (secondary N) is 1. The van der Waals surface area contributed by atoms with Crippen LogP contribution >= 0.6 is 24.0 Å². The molecule has 3 aromatic rings. The van der Waals surface area contributed by atoms with Gasteiger partial charge in [0.1, 0.15) is 5.75 Å². The maximum Gasteiger partial charge on any atom is 0.193 e. The van der Waals surface area contributed by atoms with Crippen molar-refractivity contribution in [3.8, 4) is 5.75 Å². The third-order valence-electron chi connectivity index (χ3n) is 4.50. The minimum absolute atomic E-state index is 0. The molecule has 0 saturated heterocycles. The van der Waals surface area contributed by atoms with Crippen molar-refractivity contribution in [1.29, 1.82) is 0 Å². The zero-order chi connectivity index (χ0) is 19.8. The molecule has 0 saturated carbocycles. The van der Waals surface area contributed by atoms with Crippen molar-refractivity contribution in [1.82, 2.24) is 20.0 Å². The van der Waals surface area contributed by atoms with Crippen LogP contribution in [0.15, 0.2) is 72.0 Å². The summed E-state index contributed by atoms with van der Waals surface area (Å²) < 4.78 is 7.14. The van der Waals surface area contributed by atoms with Gasteiger partial charge < -0.3 is 15.0 Å². The van der Waals surface area contributed by atoms with Gasteiger partial charge in [-0.2, -0.15) is 5.10 Å². The second-order valence-corrected chi connectivity index (χ2v) is 6.63. The van der Waals surface area contributed by atoms with Crippen molar-refractivity contribution >= 4 is 29.9 Å². The molecule has 0 fully saturated rings. The summed E-state index contributed by atoms with van der Waals surface area (Å²) in [5.74, 6) is 1.72. The molecule has 0 bridgehead atoms. The van der Waals surface area contributed by atoms with Crippen LogP contribution in [-0.2, 0) is 19.6 Å². The van der Waals surface area contributed by atoms with E-state index >= 15 is 0 Å². The number of hydrogen-bond donors (Lipinski definition) is 1. The average molecular weight is 505 g/mol. The zero-order valence-electron chi connectivity index (χ0n) is 17.1. The predicted molar refractivity (Wildman–Crippen MR) is 128 cm³/mol. The second-order valence-electron chi connectivity index (χ2n) is 6.63. The van der Waals surface area contributed by atoms with Crippen molar-refractivity contribution in [2.24, 2.45) is 4.99 Å². The van der Waals surface area contributed by atoms with Crippen molar-refractivity contribution < 1.29 is 4.74 Å². The quantitative estimate of drug-likeness (QED) is 0.302. The Balaban J connectivity index is 0.00000300. The van der Waals surface area contributed by atoms with E-state index in [1.165, 1.54) is 16.7 Å². The van der Waals surface area contributed by atoms with Gasteiger partial charge in [0.15, 0.2) is 5.96 Å². The minimum atomic E-state index is 0. The SMILES string of the molecule is CN=C(NCc1cccc(Cn2cccn2)c1)N(C)Cc1ccc(OC)cc1.I. The van der Waals surface area contributed by atoms with E-state index in [4.69, 9.17) is 4.74 Å². The van der Waals surface area contributed by atoms with Crippen LogP contribution in [-0.4, -0.2) is 41.8 Å². The highest BCUT2D eigenvalue weighted by molar-refractivity contribution is 14.0. The molecule has 0 amide bonds. The summed E-state index contributed by atoms with van der Waals surface area (Å²) in [4.78, 5) is 6.52. The molecule has 0 aliphatic heterocycles. The van der Waals surface area contributed by atoms with Crippen LogP contribution in [0.25, 0.3) is 0 Å². The van der Waals surface area contributed by atoms with Crippen LogP contribution in [0.1, 0.15) is 16.7 Å². The number of aromatic nitrogens is 2. The van der Waals surface area contributed by atoms with Gasteiger partial charge in [0.2, 0.25) is 0 Å². The van der Waals surface area contributed by atoms with Crippen LogP contribution < -0.4 is 10.1 Å². The topological polar surface area (TPSA) is 54.7 Å². The average Bonchev–Trinajstić information content (AvgIpc) is 3.22. The third-order valence-corrected chi connectivity index (χ3v) is 4.50. The van der Waals surface area contributed by atoms with Crippen LogP contribution in [0.4, 0.5) is 0 Å². The normalized spacial score (nSPS) is 10.9. The van der Waals surface area contributed by atoms with Gasteiger partial charge >= 0.3 is 0 Å². The summed E-state index contributed by atoms with van der Waals surface area (Å²) in [7, 11) is 5.52. The highest BCUT2D eigenvalue weighted by atomic mass is 127. The first kappa shape index (κ1) is 22.7. The molecule has 0 radical (unpaired) electrons. The number of benzene rings is 2. The van der Waals surface area contributed by atoms with Gasteiger partial charge in [-0.1, -0.05) is 36.4 Å². The highest BCUT2D eigenvalue weighted by Crippen LogP contribution is 2.13. The van der Waals surface area contributed by atoms with Crippen molar-refractivity contribution in [2.75, 3.05) is 21.2 Å². The molecule has 0 atom stereocenters. The lowest BCUT2D eigenvalue weighted by molar-refractivity contribution is 0.414. The van der Waals surface area contributed by atoms with Gasteiger partial charge in [0.25, 0.3) is 0 Å². The minimum Gasteiger partial charge on any atom is -0.497 e. The Morgan fingerprint density at radius 3 is 2.52 bits per heavy atom. The van der Waals surface area contributed by atoms with Crippen molar-refractivity contribution in [2.45, 2.75) is 19.6 Å². The summed E-state index contributed by atoms with van der Waals surface area (Å²) in [6.45, 7) is 2.25. The lowest BCUT2D eigenvalue weighted by Crippen LogP contribution is -2.38. The van der Waals surface area contributed by atoms with Gasteiger partial charge in [-0.05, 0) is 34.9 Å². The fraction of sp³-hybridized carbons (Fsp3) is 0.273. The molecule has 154 valence electrons. The number of aliphatic imine (C=N–C) groups is 1. The molecular weight excluding hydrogens is 477 g/mol. The molecule has 1 aromatic heterocycles. The van der Waals surface area contributed by atoms with E-state index in [0.29, 0.717) is 6.54 Å². The van der Waals surface area contributed by atoms with E-state index in [1.807, 2.05) is 36.1 Å². The summed E-state index contributed by atoms with van der Waals surface area (Å²) in [6, 6.07) is 18.6. The van der Waals surface area contributed by atoms with Crippen LogP contribution in [0.5, 0.6) is 5.75 Å². The molecule has 29 heavy (non-hydrogen) atoms. The standard InChI is InChI=1S/C22H27N5O.HI/c1-23-22(26(2)16-18-8-10-21(28-3)11-9-18)24-15-19-6-4-7-20(14-19)17-27-13-5-12-25-27;/h4-14H,15-17H2,1-3H3,(H,23,24);1H. The Morgan fingerprint density at radius 1 is 1.10 bits per heavy atom. The molecule has 1 heterocycles.